The lowest BCUT2D eigenvalue weighted by Crippen LogP contribution is -2.39. The molecule has 1 aromatic rings. The summed E-state index contributed by atoms with van der Waals surface area (Å²) in [5.41, 5.74) is 1.11. The minimum Gasteiger partial charge on any atom is -0.489 e. The van der Waals surface area contributed by atoms with Gasteiger partial charge in [-0.15, -0.1) is 0 Å². The first-order valence-corrected chi connectivity index (χ1v) is 10.2. The summed E-state index contributed by atoms with van der Waals surface area (Å²) < 4.78 is 5.71. The van der Waals surface area contributed by atoms with Gasteiger partial charge in [0.2, 0.25) is 0 Å². The fraction of sp³-hybridized carbons (Fsp3) is 0.591. The van der Waals surface area contributed by atoms with Gasteiger partial charge in [0.15, 0.2) is 5.96 Å². The number of para-hydroxylation sites is 1. The second kappa shape index (κ2) is 12.4. The van der Waals surface area contributed by atoms with Crippen LogP contribution in [-0.2, 0) is 6.54 Å². The fourth-order valence-electron chi connectivity index (χ4n) is 3.48. The Morgan fingerprint density at radius 3 is 2.93 bits per heavy atom. The number of unbranched alkanes of at least 4 members (excludes halogenated alkanes) is 1. The van der Waals surface area contributed by atoms with Crippen molar-refractivity contribution in [1.29, 1.82) is 0 Å². The molecular weight excluding hydrogens is 336 g/mol. The molecule has 0 aliphatic carbocycles. The van der Waals surface area contributed by atoms with Crippen molar-refractivity contribution in [3.63, 3.8) is 0 Å². The summed E-state index contributed by atoms with van der Waals surface area (Å²) in [6.45, 7) is 10.7. The smallest absolute Gasteiger partial charge is 0.191 e. The maximum absolute atomic E-state index is 5.71. The van der Waals surface area contributed by atoms with Crippen LogP contribution in [0.25, 0.3) is 0 Å². The molecule has 1 aromatic carbocycles. The highest BCUT2D eigenvalue weighted by Gasteiger charge is 2.16. The van der Waals surface area contributed by atoms with Gasteiger partial charge in [0.25, 0.3) is 0 Å². The van der Waals surface area contributed by atoms with Gasteiger partial charge in [-0.2, -0.15) is 0 Å². The highest BCUT2D eigenvalue weighted by Crippen LogP contribution is 2.18. The number of nitrogens with one attached hydrogen (secondary N) is 2. The van der Waals surface area contributed by atoms with Gasteiger partial charge in [-0.3, -0.25) is 4.99 Å². The molecule has 5 nitrogen and oxygen atoms in total. The Hall–Kier alpha value is -2.01. The van der Waals surface area contributed by atoms with E-state index in [4.69, 9.17) is 4.74 Å². The zero-order valence-electron chi connectivity index (χ0n) is 17.0. The third kappa shape index (κ3) is 7.63. The summed E-state index contributed by atoms with van der Waals surface area (Å²) in [4.78, 5) is 6.96. The van der Waals surface area contributed by atoms with Gasteiger partial charge in [-0.1, -0.05) is 37.3 Å². The number of aliphatic imine (C=N–C) groups is 1. The molecule has 1 heterocycles. The van der Waals surface area contributed by atoms with Gasteiger partial charge in [-0.25, -0.2) is 0 Å². The van der Waals surface area contributed by atoms with Crippen molar-refractivity contribution in [2.24, 2.45) is 4.99 Å². The van der Waals surface area contributed by atoms with Crippen LogP contribution in [0.2, 0.25) is 0 Å². The molecule has 0 amide bonds. The molecule has 1 saturated heterocycles. The summed E-state index contributed by atoms with van der Waals surface area (Å²) in [5, 5.41) is 6.79. The van der Waals surface area contributed by atoms with Gasteiger partial charge in [-0.05, 0) is 51.8 Å². The number of piperidine rings is 1. The molecule has 0 radical (unpaired) electrons. The Kier molecular flexibility index (Phi) is 9.77. The molecule has 1 atom stereocenters. The largest absolute Gasteiger partial charge is 0.489 e. The predicted octanol–water partition coefficient (Wildman–Crippen LogP) is 3.57. The third-order valence-electron chi connectivity index (χ3n) is 5.10. The average Bonchev–Trinajstić information content (AvgIpc) is 2.70. The Morgan fingerprint density at radius 1 is 1.30 bits per heavy atom. The Labute approximate surface area is 164 Å². The quantitative estimate of drug-likeness (QED) is 0.285. The van der Waals surface area contributed by atoms with Crippen LogP contribution in [0.15, 0.2) is 41.9 Å². The molecule has 0 saturated carbocycles. The van der Waals surface area contributed by atoms with Crippen LogP contribution in [0, 0.1) is 0 Å². The van der Waals surface area contributed by atoms with Crippen LogP contribution in [0.3, 0.4) is 0 Å². The highest BCUT2D eigenvalue weighted by atomic mass is 16.5. The second-order valence-electron chi connectivity index (χ2n) is 7.15. The van der Waals surface area contributed by atoms with E-state index in [1.165, 1.54) is 38.8 Å². The van der Waals surface area contributed by atoms with Crippen LogP contribution in [0.1, 0.15) is 44.6 Å². The van der Waals surface area contributed by atoms with Crippen molar-refractivity contribution < 1.29 is 4.74 Å². The summed E-state index contributed by atoms with van der Waals surface area (Å²) in [6, 6.07) is 8.81. The Bertz CT molecular complexity index is 587. The molecule has 0 spiro atoms. The van der Waals surface area contributed by atoms with Gasteiger partial charge in [0.1, 0.15) is 12.4 Å². The topological polar surface area (TPSA) is 48.9 Å². The van der Waals surface area contributed by atoms with E-state index < -0.39 is 0 Å². The van der Waals surface area contributed by atoms with Crippen molar-refractivity contribution in [2.75, 3.05) is 33.3 Å². The summed E-state index contributed by atoms with van der Waals surface area (Å²) in [5.74, 6) is 1.72. The monoisotopic (exact) mass is 372 g/mol. The van der Waals surface area contributed by atoms with E-state index in [2.05, 4.69) is 40.1 Å². The van der Waals surface area contributed by atoms with E-state index >= 15 is 0 Å². The molecule has 1 aliphatic heterocycles. The standard InChI is InChI=1S/C22H36N4O/c1-4-17-27-21-13-6-5-12-20(21)18-25-22(23-3)24-14-8-10-16-26-15-9-7-11-19(26)2/h4-6,12-13,19H,1,7-11,14-18H2,2-3H3,(H2,23,24,25). The van der Waals surface area contributed by atoms with Crippen LogP contribution in [-0.4, -0.2) is 50.2 Å². The molecule has 27 heavy (non-hydrogen) atoms. The van der Waals surface area contributed by atoms with Crippen molar-refractivity contribution in [3.05, 3.63) is 42.5 Å². The first kappa shape index (κ1) is 21.3. The summed E-state index contributed by atoms with van der Waals surface area (Å²) in [7, 11) is 1.81. The Morgan fingerprint density at radius 2 is 2.15 bits per heavy atom. The van der Waals surface area contributed by atoms with Gasteiger partial charge >= 0.3 is 0 Å². The van der Waals surface area contributed by atoms with E-state index in [1.807, 2.05) is 25.2 Å². The van der Waals surface area contributed by atoms with Crippen molar-refractivity contribution >= 4 is 5.96 Å². The first-order valence-electron chi connectivity index (χ1n) is 10.2. The van der Waals surface area contributed by atoms with Crippen LogP contribution in [0.5, 0.6) is 5.75 Å². The number of likely N-dealkylation sites (tertiary alicyclic amines) is 1. The second-order valence-corrected chi connectivity index (χ2v) is 7.15. The lowest BCUT2D eigenvalue weighted by Gasteiger charge is -2.33. The Balaban J connectivity index is 1.66. The maximum atomic E-state index is 5.71. The molecule has 150 valence electrons. The van der Waals surface area contributed by atoms with E-state index in [9.17, 15) is 0 Å². The number of nitrogens with zero attached hydrogens (tertiary/aromatic N) is 2. The molecular formula is C22H36N4O. The van der Waals surface area contributed by atoms with Gasteiger partial charge < -0.3 is 20.3 Å². The minimum atomic E-state index is 0.514. The lowest BCUT2D eigenvalue weighted by molar-refractivity contribution is 0.158. The number of hydrogen-bond donors (Lipinski definition) is 2. The normalized spacial score (nSPS) is 18.1. The van der Waals surface area contributed by atoms with Crippen LogP contribution >= 0.6 is 0 Å². The highest BCUT2D eigenvalue weighted by molar-refractivity contribution is 5.79. The van der Waals surface area contributed by atoms with Gasteiger partial charge in [0.05, 0.1) is 0 Å². The first-order chi connectivity index (χ1) is 13.2. The third-order valence-corrected chi connectivity index (χ3v) is 5.10. The van der Waals surface area contributed by atoms with Crippen LogP contribution < -0.4 is 15.4 Å². The molecule has 2 rings (SSSR count). The molecule has 1 aliphatic rings. The van der Waals surface area contributed by atoms with E-state index in [0.29, 0.717) is 13.2 Å². The van der Waals surface area contributed by atoms with E-state index in [1.54, 1.807) is 6.08 Å². The summed E-state index contributed by atoms with van der Waals surface area (Å²) in [6.07, 6.45) is 8.25. The predicted molar refractivity (Wildman–Crippen MR) is 114 cm³/mol. The number of rotatable bonds is 10. The van der Waals surface area contributed by atoms with Crippen molar-refractivity contribution in [1.82, 2.24) is 15.5 Å². The van der Waals surface area contributed by atoms with Crippen LogP contribution in [0.4, 0.5) is 0 Å². The fourth-order valence-corrected chi connectivity index (χ4v) is 3.48. The number of guanidine groups is 1. The molecule has 0 bridgehead atoms. The number of benzene rings is 1. The number of ether oxygens (including phenoxy) is 1. The average molecular weight is 373 g/mol. The molecule has 5 heteroatoms. The molecule has 2 N–H and O–H groups in total. The van der Waals surface area contributed by atoms with E-state index in [0.717, 1.165) is 36.3 Å². The molecule has 1 unspecified atom stereocenters. The minimum absolute atomic E-state index is 0.514. The van der Waals surface area contributed by atoms with Gasteiger partial charge in [0, 0.05) is 31.7 Å². The maximum Gasteiger partial charge on any atom is 0.191 e. The number of hydrogen-bond acceptors (Lipinski definition) is 3. The SMILES string of the molecule is C=CCOc1ccccc1CNC(=NC)NCCCCN1CCCCC1C. The van der Waals surface area contributed by atoms with Crippen molar-refractivity contribution in [3.8, 4) is 5.75 Å². The van der Waals surface area contributed by atoms with E-state index in [-0.39, 0.29) is 0 Å². The molecule has 0 aromatic heterocycles. The zero-order valence-corrected chi connectivity index (χ0v) is 17.0. The summed E-state index contributed by atoms with van der Waals surface area (Å²) >= 11 is 0. The van der Waals surface area contributed by atoms with Crippen molar-refractivity contribution in [2.45, 2.75) is 51.6 Å². The zero-order chi connectivity index (χ0) is 19.3. The lowest BCUT2D eigenvalue weighted by atomic mass is 10.0. The molecule has 1 fully saturated rings.